The molecule has 0 spiro atoms. The Balaban J connectivity index is 2.14. The van der Waals surface area contributed by atoms with E-state index in [2.05, 4.69) is 9.97 Å². The van der Waals surface area contributed by atoms with Gasteiger partial charge < -0.3 is 5.73 Å². The Labute approximate surface area is 94.6 Å². The van der Waals surface area contributed by atoms with Gasteiger partial charge in [-0.05, 0) is 0 Å². The fourth-order valence-electron chi connectivity index (χ4n) is 1.49. The molecule has 1 aromatic rings. The minimum absolute atomic E-state index is 0.191. The van der Waals surface area contributed by atoms with Gasteiger partial charge in [-0.15, -0.1) is 0 Å². The first-order valence-electron chi connectivity index (χ1n) is 4.74. The standard InChI is InChI=1S/C9H10F3N3S/c10-9(11,12)2-1-7-14-6-4-16-3-5(6)8(13)15-7/h1-4H2,(H2,13,14,15). The number of nitrogens with zero attached hydrogens (tertiary/aromatic N) is 2. The Morgan fingerprint density at radius 1 is 1.25 bits per heavy atom. The van der Waals surface area contributed by atoms with Crippen LogP contribution in [0.1, 0.15) is 23.5 Å². The number of hydrogen-bond acceptors (Lipinski definition) is 4. The number of rotatable bonds is 2. The molecule has 0 aliphatic carbocycles. The van der Waals surface area contributed by atoms with E-state index in [1.807, 2.05) is 0 Å². The van der Waals surface area contributed by atoms with Gasteiger partial charge in [-0.3, -0.25) is 0 Å². The van der Waals surface area contributed by atoms with Crippen LogP contribution in [0, 0.1) is 0 Å². The first-order valence-corrected chi connectivity index (χ1v) is 5.90. The van der Waals surface area contributed by atoms with Gasteiger partial charge in [0.25, 0.3) is 0 Å². The molecule has 88 valence electrons. The number of fused-ring (bicyclic) bond motifs is 1. The summed E-state index contributed by atoms with van der Waals surface area (Å²) in [6.45, 7) is 0. The Bertz CT molecular complexity index is 406. The number of thioether (sulfide) groups is 1. The molecule has 1 aromatic heterocycles. The number of hydrogen-bond donors (Lipinski definition) is 1. The fraction of sp³-hybridized carbons (Fsp3) is 0.556. The molecule has 0 saturated carbocycles. The van der Waals surface area contributed by atoms with Crippen LogP contribution >= 0.6 is 11.8 Å². The topological polar surface area (TPSA) is 51.8 Å². The van der Waals surface area contributed by atoms with E-state index >= 15 is 0 Å². The molecule has 0 fully saturated rings. The third kappa shape index (κ3) is 2.58. The van der Waals surface area contributed by atoms with Gasteiger partial charge in [-0.25, -0.2) is 9.97 Å². The van der Waals surface area contributed by atoms with Crippen LogP contribution in [0.25, 0.3) is 0 Å². The van der Waals surface area contributed by atoms with Crippen LogP contribution in [0.5, 0.6) is 0 Å². The van der Waals surface area contributed by atoms with Crippen LogP contribution in [-0.2, 0) is 17.9 Å². The number of aromatic nitrogens is 2. The van der Waals surface area contributed by atoms with Crippen LogP contribution in [0.3, 0.4) is 0 Å². The van der Waals surface area contributed by atoms with Gasteiger partial charge in [0.2, 0.25) is 0 Å². The molecule has 0 bridgehead atoms. The molecule has 0 saturated heterocycles. The summed E-state index contributed by atoms with van der Waals surface area (Å²) in [7, 11) is 0. The highest BCUT2D eigenvalue weighted by atomic mass is 32.2. The molecule has 2 N–H and O–H groups in total. The first-order chi connectivity index (χ1) is 7.46. The molecule has 0 aromatic carbocycles. The Hall–Kier alpha value is -0.980. The van der Waals surface area contributed by atoms with Crippen molar-refractivity contribution in [1.82, 2.24) is 9.97 Å². The molecule has 0 amide bonds. The van der Waals surface area contributed by atoms with E-state index in [4.69, 9.17) is 5.73 Å². The molecular formula is C9H10F3N3S. The first kappa shape index (κ1) is 11.5. The van der Waals surface area contributed by atoms with Crippen molar-refractivity contribution < 1.29 is 13.2 Å². The molecule has 1 aliphatic heterocycles. The lowest BCUT2D eigenvalue weighted by atomic mass is 10.2. The Morgan fingerprint density at radius 2 is 2.00 bits per heavy atom. The lowest BCUT2D eigenvalue weighted by Crippen LogP contribution is -2.12. The third-order valence-corrected chi connectivity index (χ3v) is 3.26. The fourth-order valence-corrected chi connectivity index (χ4v) is 2.55. The van der Waals surface area contributed by atoms with E-state index in [1.54, 1.807) is 11.8 Å². The summed E-state index contributed by atoms with van der Waals surface area (Å²) < 4.78 is 36.1. The highest BCUT2D eigenvalue weighted by Crippen LogP contribution is 2.31. The Kier molecular flexibility index (Phi) is 2.96. The molecule has 2 heterocycles. The maximum atomic E-state index is 12.0. The predicted molar refractivity (Wildman–Crippen MR) is 55.8 cm³/mol. The van der Waals surface area contributed by atoms with Crippen molar-refractivity contribution in [2.45, 2.75) is 30.5 Å². The summed E-state index contributed by atoms with van der Waals surface area (Å²) in [5.41, 5.74) is 7.33. The average Bonchev–Trinajstić information content (AvgIpc) is 2.62. The average molecular weight is 249 g/mol. The summed E-state index contributed by atoms with van der Waals surface area (Å²) in [4.78, 5) is 8.01. The van der Waals surface area contributed by atoms with Crippen molar-refractivity contribution in [2.24, 2.45) is 0 Å². The summed E-state index contributed by atoms with van der Waals surface area (Å²) in [6, 6.07) is 0. The number of halogens is 3. The molecular weight excluding hydrogens is 239 g/mol. The quantitative estimate of drug-likeness (QED) is 0.873. The van der Waals surface area contributed by atoms with Gasteiger partial charge in [-0.1, -0.05) is 0 Å². The van der Waals surface area contributed by atoms with Gasteiger partial charge in [0.1, 0.15) is 11.6 Å². The minimum atomic E-state index is -4.17. The van der Waals surface area contributed by atoms with E-state index in [0.717, 1.165) is 17.0 Å². The SMILES string of the molecule is Nc1nc(CCC(F)(F)F)nc2c1CSC2. The second-order valence-corrected chi connectivity index (χ2v) is 4.54. The molecule has 0 radical (unpaired) electrons. The predicted octanol–water partition coefficient (Wildman–Crippen LogP) is 2.30. The van der Waals surface area contributed by atoms with Crippen molar-refractivity contribution in [3.8, 4) is 0 Å². The summed E-state index contributed by atoms with van der Waals surface area (Å²) >= 11 is 1.64. The van der Waals surface area contributed by atoms with Crippen molar-refractivity contribution >= 4 is 17.6 Å². The zero-order chi connectivity index (χ0) is 11.8. The maximum absolute atomic E-state index is 12.0. The normalized spacial score (nSPS) is 15.2. The molecule has 3 nitrogen and oxygen atoms in total. The minimum Gasteiger partial charge on any atom is -0.383 e. The van der Waals surface area contributed by atoms with Crippen LogP contribution in [0.4, 0.5) is 19.0 Å². The van der Waals surface area contributed by atoms with Gasteiger partial charge in [0.15, 0.2) is 0 Å². The van der Waals surface area contributed by atoms with E-state index in [0.29, 0.717) is 11.6 Å². The summed E-state index contributed by atoms with van der Waals surface area (Å²) in [6.07, 6.45) is -5.28. The lowest BCUT2D eigenvalue weighted by molar-refractivity contribution is -0.134. The third-order valence-electron chi connectivity index (χ3n) is 2.29. The van der Waals surface area contributed by atoms with Crippen LogP contribution in [-0.4, -0.2) is 16.1 Å². The molecule has 7 heteroatoms. The molecule has 0 atom stereocenters. The zero-order valence-corrected chi connectivity index (χ0v) is 9.16. The Morgan fingerprint density at radius 3 is 2.69 bits per heavy atom. The van der Waals surface area contributed by atoms with E-state index in [9.17, 15) is 13.2 Å². The summed E-state index contributed by atoms with van der Waals surface area (Å²) in [5, 5.41) is 0. The highest BCUT2D eigenvalue weighted by molar-refractivity contribution is 7.98. The van der Waals surface area contributed by atoms with E-state index in [-0.39, 0.29) is 12.2 Å². The van der Waals surface area contributed by atoms with Crippen molar-refractivity contribution in [2.75, 3.05) is 5.73 Å². The van der Waals surface area contributed by atoms with Gasteiger partial charge in [0, 0.05) is 23.5 Å². The highest BCUT2D eigenvalue weighted by Gasteiger charge is 2.27. The molecule has 2 rings (SSSR count). The second-order valence-electron chi connectivity index (χ2n) is 3.56. The second kappa shape index (κ2) is 4.12. The zero-order valence-electron chi connectivity index (χ0n) is 8.34. The number of alkyl halides is 3. The van der Waals surface area contributed by atoms with Crippen molar-refractivity contribution in [1.29, 1.82) is 0 Å². The van der Waals surface area contributed by atoms with Gasteiger partial charge in [0.05, 0.1) is 12.1 Å². The number of anilines is 1. The van der Waals surface area contributed by atoms with Crippen LogP contribution in [0.15, 0.2) is 0 Å². The van der Waals surface area contributed by atoms with Crippen molar-refractivity contribution in [3.63, 3.8) is 0 Å². The van der Waals surface area contributed by atoms with E-state index in [1.165, 1.54) is 0 Å². The van der Waals surface area contributed by atoms with Gasteiger partial charge in [-0.2, -0.15) is 24.9 Å². The largest absolute Gasteiger partial charge is 0.389 e. The van der Waals surface area contributed by atoms with Crippen LogP contribution in [0.2, 0.25) is 0 Å². The number of aryl methyl sites for hydroxylation is 1. The molecule has 16 heavy (non-hydrogen) atoms. The maximum Gasteiger partial charge on any atom is 0.389 e. The lowest BCUT2D eigenvalue weighted by Gasteiger charge is -2.07. The van der Waals surface area contributed by atoms with Gasteiger partial charge >= 0.3 is 6.18 Å². The van der Waals surface area contributed by atoms with E-state index < -0.39 is 12.6 Å². The van der Waals surface area contributed by atoms with Crippen molar-refractivity contribution in [3.05, 3.63) is 17.1 Å². The smallest absolute Gasteiger partial charge is 0.383 e. The number of nitrogens with two attached hydrogens (primary N) is 1. The van der Waals surface area contributed by atoms with Crippen LogP contribution < -0.4 is 5.73 Å². The summed E-state index contributed by atoms with van der Waals surface area (Å²) in [5.74, 6) is 1.98. The monoisotopic (exact) mass is 249 g/mol. The number of nitrogen functional groups attached to an aromatic ring is 1. The molecule has 1 aliphatic rings. The molecule has 0 unspecified atom stereocenters.